The minimum atomic E-state index is -0.307. The number of amides is 2. The predicted octanol–water partition coefficient (Wildman–Crippen LogP) is 6.64. The number of benzene rings is 3. The average molecular weight is 580 g/mol. The topological polar surface area (TPSA) is 115 Å². The van der Waals surface area contributed by atoms with E-state index in [0.717, 1.165) is 22.0 Å². The first kappa shape index (κ1) is 28.5. The lowest BCUT2D eigenvalue weighted by atomic mass is 10.1. The number of fused-ring (bicyclic) bond motifs is 1. The zero-order valence-electron chi connectivity index (χ0n) is 23.4. The van der Waals surface area contributed by atoms with Crippen LogP contribution in [0.3, 0.4) is 0 Å². The average Bonchev–Trinajstić information content (AvgIpc) is 3.40. The number of anilines is 4. The van der Waals surface area contributed by atoms with Crippen LogP contribution >= 0.6 is 11.6 Å². The summed E-state index contributed by atoms with van der Waals surface area (Å²) < 4.78 is 0. The molecule has 0 aliphatic heterocycles. The van der Waals surface area contributed by atoms with Crippen LogP contribution in [0.1, 0.15) is 15.9 Å². The van der Waals surface area contributed by atoms with Gasteiger partial charge in [0.25, 0.3) is 5.91 Å². The molecule has 0 saturated carbocycles. The third-order valence-corrected chi connectivity index (χ3v) is 6.74. The number of nitrogens with one attached hydrogen (secondary N) is 4. The molecule has 9 nitrogen and oxygen atoms in total. The van der Waals surface area contributed by atoms with Crippen LogP contribution in [-0.4, -0.2) is 52.3 Å². The molecular weight excluding hydrogens is 550 g/mol. The van der Waals surface area contributed by atoms with Crippen LogP contribution in [0, 0.1) is 6.92 Å². The van der Waals surface area contributed by atoms with E-state index in [0.29, 0.717) is 45.8 Å². The van der Waals surface area contributed by atoms with Crippen molar-refractivity contribution in [1.29, 1.82) is 0 Å². The summed E-state index contributed by atoms with van der Waals surface area (Å²) >= 11 is 6.48. The standard InChI is InChI=1S/C32H30ClN7O2/c1-20-13-14-23(37-32-35-19-26(33)30(39-32)25-18-34-27-11-5-4-10-24(25)27)17-28(20)38-31(42)21-8-6-9-22(16-21)36-29(41)12-7-15-40(2)3/h4-14,16-19,34H,15H2,1-3H3,(H,36,41)(H,38,42)(H,35,37,39)/b12-7+. The number of carbonyl (C=O) groups is 2. The van der Waals surface area contributed by atoms with Crippen molar-refractivity contribution >= 4 is 57.3 Å². The normalized spacial score (nSPS) is 11.3. The van der Waals surface area contributed by atoms with E-state index in [1.165, 1.54) is 6.08 Å². The van der Waals surface area contributed by atoms with E-state index in [9.17, 15) is 9.59 Å². The molecule has 0 bridgehead atoms. The van der Waals surface area contributed by atoms with Crippen LogP contribution in [-0.2, 0) is 4.79 Å². The minimum Gasteiger partial charge on any atom is -0.360 e. The van der Waals surface area contributed by atoms with E-state index in [1.54, 1.807) is 36.5 Å². The summed E-state index contributed by atoms with van der Waals surface area (Å²) in [5, 5.41) is 10.4. The third kappa shape index (κ3) is 6.83. The van der Waals surface area contributed by atoms with Gasteiger partial charge in [0.05, 0.1) is 16.9 Å². The van der Waals surface area contributed by atoms with Crippen LogP contribution in [0.15, 0.2) is 91.3 Å². The lowest BCUT2D eigenvalue weighted by molar-refractivity contribution is -0.111. The largest absolute Gasteiger partial charge is 0.360 e. The second-order valence-corrected chi connectivity index (χ2v) is 10.4. The summed E-state index contributed by atoms with van der Waals surface area (Å²) in [6, 6.07) is 20.3. The molecule has 0 fully saturated rings. The molecule has 5 aromatic rings. The van der Waals surface area contributed by atoms with Crippen LogP contribution in [0.4, 0.5) is 23.0 Å². The molecule has 42 heavy (non-hydrogen) atoms. The molecule has 2 aromatic heterocycles. The van der Waals surface area contributed by atoms with Gasteiger partial charge in [-0.1, -0.05) is 48.0 Å². The number of nitrogens with zero attached hydrogens (tertiary/aromatic N) is 3. The molecular formula is C32H30ClN7O2. The highest BCUT2D eigenvalue weighted by Gasteiger charge is 2.14. The molecule has 10 heteroatoms. The Morgan fingerprint density at radius 2 is 1.83 bits per heavy atom. The smallest absolute Gasteiger partial charge is 0.255 e. The van der Waals surface area contributed by atoms with Gasteiger partial charge in [0.2, 0.25) is 11.9 Å². The van der Waals surface area contributed by atoms with Crippen molar-refractivity contribution in [1.82, 2.24) is 19.9 Å². The summed E-state index contributed by atoms with van der Waals surface area (Å²) in [5.74, 6) is -0.205. The van der Waals surface area contributed by atoms with Gasteiger partial charge in [0, 0.05) is 57.9 Å². The number of likely N-dealkylation sites (N-methyl/N-ethyl adjacent to an activating group) is 1. The summed E-state index contributed by atoms with van der Waals surface area (Å²) in [4.78, 5) is 39.6. The molecule has 0 atom stereocenters. The number of rotatable bonds is 9. The molecule has 4 N–H and O–H groups in total. The number of halogens is 1. The number of para-hydroxylation sites is 1. The zero-order chi connectivity index (χ0) is 29.6. The molecule has 2 amide bonds. The van der Waals surface area contributed by atoms with E-state index in [2.05, 4.69) is 30.9 Å². The van der Waals surface area contributed by atoms with E-state index in [4.69, 9.17) is 11.6 Å². The van der Waals surface area contributed by atoms with Gasteiger partial charge in [-0.2, -0.15) is 0 Å². The molecule has 2 heterocycles. The number of aryl methyl sites for hydroxylation is 1. The summed E-state index contributed by atoms with van der Waals surface area (Å²) in [5.41, 5.74) is 5.59. The summed E-state index contributed by atoms with van der Waals surface area (Å²) in [6.45, 7) is 2.56. The van der Waals surface area contributed by atoms with Crippen LogP contribution < -0.4 is 16.0 Å². The van der Waals surface area contributed by atoms with E-state index in [-0.39, 0.29) is 11.8 Å². The molecule has 212 valence electrons. The maximum absolute atomic E-state index is 13.1. The number of hydrogen-bond acceptors (Lipinski definition) is 6. The summed E-state index contributed by atoms with van der Waals surface area (Å²) in [6.07, 6.45) is 6.69. The summed E-state index contributed by atoms with van der Waals surface area (Å²) in [7, 11) is 3.84. The highest BCUT2D eigenvalue weighted by atomic mass is 35.5. The molecule has 0 unspecified atom stereocenters. The molecule has 0 saturated heterocycles. The minimum absolute atomic E-state index is 0.263. The van der Waals surface area contributed by atoms with Gasteiger partial charge >= 0.3 is 0 Å². The Kier molecular flexibility index (Phi) is 8.61. The molecule has 0 aliphatic carbocycles. The van der Waals surface area contributed by atoms with Gasteiger partial charge in [-0.15, -0.1) is 0 Å². The highest BCUT2D eigenvalue weighted by molar-refractivity contribution is 6.33. The van der Waals surface area contributed by atoms with Crippen molar-refractivity contribution in [3.05, 3.63) is 107 Å². The lowest BCUT2D eigenvalue weighted by Gasteiger charge is -2.13. The van der Waals surface area contributed by atoms with Crippen molar-refractivity contribution in [2.24, 2.45) is 0 Å². The van der Waals surface area contributed by atoms with Gasteiger partial charge in [-0.3, -0.25) is 9.59 Å². The van der Waals surface area contributed by atoms with Gasteiger partial charge in [-0.25, -0.2) is 9.97 Å². The highest BCUT2D eigenvalue weighted by Crippen LogP contribution is 2.33. The first-order chi connectivity index (χ1) is 20.3. The molecule has 5 rings (SSSR count). The van der Waals surface area contributed by atoms with Gasteiger partial charge in [-0.05, 0) is 63.0 Å². The SMILES string of the molecule is Cc1ccc(Nc2ncc(Cl)c(-c3c[nH]c4ccccc34)n2)cc1NC(=O)c1cccc(NC(=O)/C=C/CN(C)C)c1. The monoisotopic (exact) mass is 579 g/mol. The fraction of sp³-hybridized carbons (Fsp3) is 0.125. The Morgan fingerprint density at radius 3 is 2.67 bits per heavy atom. The number of H-pyrrole nitrogens is 1. The first-order valence-corrected chi connectivity index (χ1v) is 13.6. The Hall–Kier alpha value is -4.99. The fourth-order valence-electron chi connectivity index (χ4n) is 4.33. The van der Waals surface area contributed by atoms with Crippen molar-refractivity contribution in [3.8, 4) is 11.3 Å². The molecule has 3 aromatic carbocycles. The lowest BCUT2D eigenvalue weighted by Crippen LogP contribution is -2.15. The number of carbonyl (C=O) groups excluding carboxylic acids is 2. The second kappa shape index (κ2) is 12.7. The van der Waals surface area contributed by atoms with Gasteiger partial charge in [0.15, 0.2) is 0 Å². The molecule has 0 spiro atoms. The van der Waals surface area contributed by atoms with Crippen molar-refractivity contribution in [2.45, 2.75) is 6.92 Å². The van der Waals surface area contributed by atoms with Crippen molar-refractivity contribution in [2.75, 3.05) is 36.6 Å². The van der Waals surface area contributed by atoms with E-state index >= 15 is 0 Å². The van der Waals surface area contributed by atoms with Crippen LogP contribution in [0.25, 0.3) is 22.2 Å². The van der Waals surface area contributed by atoms with Gasteiger partial charge in [0.1, 0.15) is 0 Å². The van der Waals surface area contributed by atoms with E-state index < -0.39 is 0 Å². The first-order valence-electron chi connectivity index (χ1n) is 13.3. The maximum atomic E-state index is 13.1. The Morgan fingerprint density at radius 1 is 1.00 bits per heavy atom. The van der Waals surface area contributed by atoms with Crippen molar-refractivity contribution in [3.63, 3.8) is 0 Å². The number of hydrogen-bond donors (Lipinski definition) is 4. The van der Waals surface area contributed by atoms with Crippen molar-refractivity contribution < 1.29 is 9.59 Å². The number of aromatic nitrogens is 3. The third-order valence-electron chi connectivity index (χ3n) is 6.46. The second-order valence-electron chi connectivity index (χ2n) is 9.98. The van der Waals surface area contributed by atoms with Gasteiger partial charge < -0.3 is 25.8 Å². The van der Waals surface area contributed by atoms with Crippen LogP contribution in [0.5, 0.6) is 0 Å². The quantitative estimate of drug-likeness (QED) is 0.146. The Labute approximate surface area is 248 Å². The Bertz CT molecular complexity index is 1800. The predicted molar refractivity (Wildman–Crippen MR) is 170 cm³/mol. The Balaban J connectivity index is 1.30. The zero-order valence-corrected chi connectivity index (χ0v) is 24.2. The molecule has 0 aliphatic rings. The molecule has 0 radical (unpaired) electrons. The maximum Gasteiger partial charge on any atom is 0.255 e. The van der Waals surface area contributed by atoms with E-state index in [1.807, 2.05) is 74.6 Å². The van der Waals surface area contributed by atoms with Crippen LogP contribution in [0.2, 0.25) is 5.02 Å². The number of aromatic amines is 1. The fourth-order valence-corrected chi connectivity index (χ4v) is 4.53.